The van der Waals surface area contributed by atoms with Crippen molar-refractivity contribution >= 4 is 5.91 Å². The normalized spacial score (nSPS) is 25.3. The van der Waals surface area contributed by atoms with E-state index in [-0.39, 0.29) is 29.0 Å². The Bertz CT molecular complexity index is 1070. The summed E-state index contributed by atoms with van der Waals surface area (Å²) in [6, 6.07) is 18.1. The molecule has 39 heavy (non-hydrogen) atoms. The molecular formula is C34H48N2O3. The first-order valence-electron chi connectivity index (χ1n) is 15.0. The van der Waals surface area contributed by atoms with Gasteiger partial charge in [-0.15, -0.1) is 6.58 Å². The number of benzene rings is 2. The van der Waals surface area contributed by atoms with Crippen LogP contribution in [0.15, 0.2) is 67.3 Å². The zero-order chi connectivity index (χ0) is 27.8. The fourth-order valence-corrected chi connectivity index (χ4v) is 7.07. The monoisotopic (exact) mass is 532 g/mol. The summed E-state index contributed by atoms with van der Waals surface area (Å²) in [6.07, 6.45) is 8.39. The van der Waals surface area contributed by atoms with Crippen LogP contribution >= 0.6 is 0 Å². The lowest BCUT2D eigenvalue weighted by Gasteiger charge is -2.56. The summed E-state index contributed by atoms with van der Waals surface area (Å²) >= 11 is 0. The fourth-order valence-electron chi connectivity index (χ4n) is 7.07. The van der Waals surface area contributed by atoms with Gasteiger partial charge in [0.2, 0.25) is 5.91 Å². The molecule has 0 radical (unpaired) electrons. The van der Waals surface area contributed by atoms with E-state index in [9.17, 15) is 15.0 Å². The van der Waals surface area contributed by atoms with Crippen LogP contribution in [0.5, 0.6) is 5.75 Å². The van der Waals surface area contributed by atoms with Crippen molar-refractivity contribution in [2.24, 2.45) is 11.8 Å². The zero-order valence-corrected chi connectivity index (χ0v) is 24.0. The third-order valence-electron chi connectivity index (χ3n) is 8.95. The molecule has 1 aliphatic carbocycles. The molecule has 0 aromatic heterocycles. The number of fused-ring (bicyclic) bond motifs is 1. The Balaban J connectivity index is 1.49. The molecule has 5 nitrogen and oxygen atoms in total. The lowest BCUT2D eigenvalue weighted by atomic mass is 9.56. The summed E-state index contributed by atoms with van der Waals surface area (Å²) in [6.45, 7) is 11.5. The molecule has 212 valence electrons. The number of likely N-dealkylation sites (tertiary alicyclic amines) is 1. The molecule has 1 saturated carbocycles. The Kier molecular flexibility index (Phi) is 10.3. The molecule has 2 N–H and O–H groups in total. The van der Waals surface area contributed by atoms with Crippen molar-refractivity contribution in [3.05, 3.63) is 78.4 Å². The van der Waals surface area contributed by atoms with Crippen LogP contribution in [0.1, 0.15) is 69.9 Å². The first-order valence-corrected chi connectivity index (χ1v) is 15.0. The predicted molar refractivity (Wildman–Crippen MR) is 159 cm³/mol. The number of phenols is 1. The summed E-state index contributed by atoms with van der Waals surface area (Å²) in [7, 11) is 0. The Hall–Kier alpha value is -2.63. The van der Waals surface area contributed by atoms with Gasteiger partial charge in [-0.05, 0) is 74.2 Å². The summed E-state index contributed by atoms with van der Waals surface area (Å²) in [4.78, 5) is 18.2. The van der Waals surface area contributed by atoms with Crippen molar-refractivity contribution in [1.29, 1.82) is 0 Å². The summed E-state index contributed by atoms with van der Waals surface area (Å²) in [5.74, 6) is 0.886. The number of carbonyl (C=O) groups is 1. The lowest BCUT2D eigenvalue weighted by Crippen LogP contribution is -2.61. The van der Waals surface area contributed by atoms with E-state index in [0.717, 1.165) is 63.7 Å². The van der Waals surface area contributed by atoms with E-state index < -0.39 is 6.10 Å². The predicted octanol–water partition coefficient (Wildman–Crippen LogP) is 5.95. The minimum absolute atomic E-state index is 0.0104. The number of nitrogens with zero attached hydrogens (tertiary/aromatic N) is 2. The summed E-state index contributed by atoms with van der Waals surface area (Å²) < 4.78 is 0. The van der Waals surface area contributed by atoms with E-state index in [1.54, 1.807) is 6.07 Å². The van der Waals surface area contributed by atoms with Crippen LogP contribution in [0.3, 0.4) is 0 Å². The van der Waals surface area contributed by atoms with Gasteiger partial charge in [-0.2, -0.15) is 0 Å². The number of hydrogen-bond acceptors (Lipinski definition) is 4. The number of aromatic hydroxyl groups is 1. The molecular weight excluding hydrogens is 484 g/mol. The third-order valence-corrected chi connectivity index (χ3v) is 8.95. The number of piperidine rings is 1. The number of phenolic OH excluding ortho intramolecular Hbond substituents is 1. The van der Waals surface area contributed by atoms with Crippen LogP contribution in [0.4, 0.5) is 0 Å². The summed E-state index contributed by atoms with van der Waals surface area (Å²) in [5, 5.41) is 22.0. The second-order valence-electron chi connectivity index (χ2n) is 12.3. The van der Waals surface area contributed by atoms with Crippen LogP contribution in [0.25, 0.3) is 0 Å². The van der Waals surface area contributed by atoms with E-state index in [1.807, 2.05) is 24.3 Å². The zero-order valence-electron chi connectivity index (χ0n) is 24.0. The molecule has 5 heteroatoms. The molecule has 0 spiro atoms. The molecule has 2 aromatic rings. The van der Waals surface area contributed by atoms with Crippen LogP contribution in [-0.4, -0.2) is 64.2 Å². The highest BCUT2D eigenvalue weighted by atomic mass is 16.3. The van der Waals surface area contributed by atoms with E-state index in [2.05, 4.69) is 60.6 Å². The largest absolute Gasteiger partial charge is 0.508 e. The minimum atomic E-state index is -0.507. The molecule has 2 aliphatic rings. The van der Waals surface area contributed by atoms with Gasteiger partial charge in [-0.3, -0.25) is 9.69 Å². The van der Waals surface area contributed by atoms with Gasteiger partial charge in [0, 0.05) is 43.4 Å². The molecule has 4 unspecified atom stereocenters. The van der Waals surface area contributed by atoms with Crippen molar-refractivity contribution in [2.75, 3.05) is 26.2 Å². The number of hydrogen-bond donors (Lipinski definition) is 2. The first-order chi connectivity index (χ1) is 18.8. The number of unbranched alkanes of at least 4 members (excludes halogenated alkanes) is 2. The van der Waals surface area contributed by atoms with Crippen molar-refractivity contribution < 1.29 is 15.0 Å². The first kappa shape index (κ1) is 29.4. The Morgan fingerprint density at radius 3 is 2.67 bits per heavy atom. The second-order valence-corrected chi connectivity index (χ2v) is 12.3. The van der Waals surface area contributed by atoms with E-state index in [1.165, 1.54) is 5.56 Å². The fraction of sp³-hybridized carbons (Fsp3) is 0.559. The number of carbonyl (C=O) groups excluding carboxylic acids is 1. The van der Waals surface area contributed by atoms with Gasteiger partial charge in [0.1, 0.15) is 5.75 Å². The van der Waals surface area contributed by atoms with Crippen LogP contribution in [0.2, 0.25) is 0 Å². The maximum absolute atomic E-state index is 13.7. The molecule has 1 saturated heterocycles. The summed E-state index contributed by atoms with van der Waals surface area (Å²) in [5.41, 5.74) is 2.17. The molecule has 0 bridgehead atoms. The number of amides is 1. The molecule has 2 aromatic carbocycles. The standard InChI is InChI=1S/C34H48N2O3/c1-4-19-35-20-18-34(28-15-11-16-30(37)21-28)23-29(22-32(38)31(34)25-35)36(24-26(2)3)33(39)17-10-6-9-14-27-12-7-5-8-13-27/h4-5,7-8,11-13,15-16,21,26,29,31-32,37-38H,1,6,9-10,14,17-20,22-25H2,2-3H3. The van der Waals surface area contributed by atoms with Gasteiger partial charge in [-0.1, -0.05) is 68.8 Å². The van der Waals surface area contributed by atoms with Gasteiger partial charge in [-0.25, -0.2) is 0 Å². The van der Waals surface area contributed by atoms with Crippen LogP contribution < -0.4 is 0 Å². The highest BCUT2D eigenvalue weighted by Gasteiger charge is 2.53. The molecule has 2 fully saturated rings. The maximum Gasteiger partial charge on any atom is 0.222 e. The average Bonchev–Trinajstić information content (AvgIpc) is 2.92. The highest BCUT2D eigenvalue weighted by molar-refractivity contribution is 5.76. The molecule has 1 aliphatic heterocycles. The smallest absolute Gasteiger partial charge is 0.222 e. The van der Waals surface area contributed by atoms with E-state index in [4.69, 9.17) is 0 Å². The van der Waals surface area contributed by atoms with Crippen molar-refractivity contribution in [3.8, 4) is 5.75 Å². The Labute approximate surface area is 235 Å². The maximum atomic E-state index is 13.7. The SMILES string of the molecule is C=CCN1CCC2(c3cccc(O)c3)CC(N(CC(C)C)C(=O)CCCCCc3ccccc3)CC(O)C2C1. The van der Waals surface area contributed by atoms with Crippen LogP contribution in [-0.2, 0) is 16.6 Å². The van der Waals surface area contributed by atoms with Gasteiger partial charge in [0.05, 0.1) is 6.10 Å². The Morgan fingerprint density at radius 2 is 1.95 bits per heavy atom. The van der Waals surface area contributed by atoms with Gasteiger partial charge < -0.3 is 15.1 Å². The molecule has 1 heterocycles. The Morgan fingerprint density at radius 1 is 1.15 bits per heavy atom. The third kappa shape index (κ3) is 7.32. The number of rotatable bonds is 12. The van der Waals surface area contributed by atoms with Crippen molar-refractivity contribution in [1.82, 2.24) is 9.80 Å². The molecule has 4 rings (SSSR count). The minimum Gasteiger partial charge on any atom is -0.508 e. The number of aliphatic hydroxyl groups is 1. The topological polar surface area (TPSA) is 64.0 Å². The number of aryl methyl sites for hydroxylation is 1. The van der Waals surface area contributed by atoms with Gasteiger partial charge in [0.25, 0.3) is 0 Å². The lowest BCUT2D eigenvalue weighted by molar-refractivity contribution is -0.139. The second kappa shape index (κ2) is 13.6. The van der Waals surface area contributed by atoms with Gasteiger partial charge in [0.15, 0.2) is 0 Å². The van der Waals surface area contributed by atoms with Gasteiger partial charge >= 0.3 is 0 Å². The van der Waals surface area contributed by atoms with Crippen molar-refractivity contribution in [3.63, 3.8) is 0 Å². The average molecular weight is 533 g/mol. The van der Waals surface area contributed by atoms with E-state index >= 15 is 0 Å². The highest BCUT2D eigenvalue weighted by Crippen LogP contribution is 2.50. The van der Waals surface area contributed by atoms with Crippen LogP contribution in [0, 0.1) is 11.8 Å². The number of aliphatic hydroxyl groups excluding tert-OH is 1. The molecule has 1 amide bonds. The molecule has 4 atom stereocenters. The quantitative estimate of drug-likeness (QED) is 0.262. The van der Waals surface area contributed by atoms with Crippen molar-refractivity contribution in [2.45, 2.75) is 82.8 Å². The van der Waals surface area contributed by atoms with E-state index in [0.29, 0.717) is 25.3 Å².